The van der Waals surface area contributed by atoms with Gasteiger partial charge >= 0.3 is 12.1 Å². The minimum atomic E-state index is -4.44. The average molecular weight is 454 g/mol. The molecule has 170 valence electrons. The van der Waals surface area contributed by atoms with E-state index in [1.165, 1.54) is 6.07 Å². The number of carbonyl (C=O) groups is 1. The summed E-state index contributed by atoms with van der Waals surface area (Å²) in [5, 5.41) is 1.05. The lowest BCUT2D eigenvalue weighted by Crippen LogP contribution is -2.05. The molecule has 8 heteroatoms. The second-order valence-corrected chi connectivity index (χ2v) is 7.33. The molecule has 0 saturated carbocycles. The largest absolute Gasteiger partial charge is 0.466 e. The first-order valence-corrected chi connectivity index (χ1v) is 10.4. The molecule has 0 spiro atoms. The average Bonchev–Trinajstić information content (AvgIpc) is 3.17. The van der Waals surface area contributed by atoms with Gasteiger partial charge in [-0.25, -0.2) is 4.98 Å². The Balaban J connectivity index is 1.54. The van der Waals surface area contributed by atoms with Gasteiger partial charge in [-0.2, -0.15) is 13.2 Å². The second kappa shape index (κ2) is 9.36. The number of rotatable bonds is 7. The predicted molar refractivity (Wildman–Crippen MR) is 118 cm³/mol. The summed E-state index contributed by atoms with van der Waals surface area (Å²) in [6.45, 7) is 2.14. The van der Waals surface area contributed by atoms with E-state index in [1.807, 2.05) is 47.2 Å². The van der Waals surface area contributed by atoms with Crippen LogP contribution < -0.4 is 4.74 Å². The number of aromatic nitrogens is 2. The predicted octanol–water partition coefficient (Wildman–Crippen LogP) is 6.33. The molecule has 0 aliphatic heterocycles. The fourth-order valence-corrected chi connectivity index (χ4v) is 3.54. The summed E-state index contributed by atoms with van der Waals surface area (Å²) in [5.74, 6) is 0.293. The first-order chi connectivity index (χ1) is 15.8. The molecule has 0 saturated heterocycles. The van der Waals surface area contributed by atoms with Crippen molar-refractivity contribution in [2.45, 2.75) is 25.9 Å². The molecule has 0 fully saturated rings. The van der Waals surface area contributed by atoms with Gasteiger partial charge in [-0.15, -0.1) is 0 Å². The van der Waals surface area contributed by atoms with Crippen LogP contribution in [0, 0.1) is 0 Å². The number of pyridine rings is 1. The molecule has 0 aliphatic rings. The summed E-state index contributed by atoms with van der Waals surface area (Å²) < 4.78 is 50.7. The fourth-order valence-electron chi connectivity index (χ4n) is 3.54. The number of carbonyl (C=O) groups excluding carboxylic acids is 1. The van der Waals surface area contributed by atoms with Gasteiger partial charge in [0.05, 0.1) is 17.7 Å². The van der Waals surface area contributed by atoms with Gasteiger partial charge in [-0.05, 0) is 55.3 Å². The van der Waals surface area contributed by atoms with Crippen LogP contribution >= 0.6 is 0 Å². The molecular formula is C25H21F3N2O3. The summed E-state index contributed by atoms with van der Waals surface area (Å²) >= 11 is 0. The number of halogens is 3. The van der Waals surface area contributed by atoms with Gasteiger partial charge in [-0.3, -0.25) is 4.79 Å². The topological polar surface area (TPSA) is 53.4 Å². The van der Waals surface area contributed by atoms with Crippen molar-refractivity contribution in [3.8, 4) is 17.3 Å². The zero-order valence-electron chi connectivity index (χ0n) is 17.8. The molecule has 0 aliphatic carbocycles. The van der Waals surface area contributed by atoms with Gasteiger partial charge in [0.15, 0.2) is 0 Å². The third kappa shape index (κ3) is 5.16. The number of esters is 1. The van der Waals surface area contributed by atoms with E-state index in [0.29, 0.717) is 25.2 Å². The van der Waals surface area contributed by atoms with Gasteiger partial charge < -0.3 is 14.0 Å². The first-order valence-electron chi connectivity index (χ1n) is 10.4. The quantitative estimate of drug-likeness (QED) is 0.306. The van der Waals surface area contributed by atoms with Crippen molar-refractivity contribution in [2.75, 3.05) is 6.61 Å². The smallest absolute Gasteiger partial charge is 0.417 e. The lowest BCUT2D eigenvalue weighted by Gasteiger charge is -2.09. The number of nitrogens with zero attached hydrogens (tertiary/aromatic N) is 2. The lowest BCUT2D eigenvalue weighted by atomic mass is 10.1. The number of benzene rings is 2. The van der Waals surface area contributed by atoms with Crippen LogP contribution in [-0.2, 0) is 22.1 Å². The number of para-hydroxylation sites is 1. The van der Waals surface area contributed by atoms with E-state index in [9.17, 15) is 18.0 Å². The second-order valence-electron chi connectivity index (χ2n) is 7.33. The van der Waals surface area contributed by atoms with E-state index in [1.54, 1.807) is 19.1 Å². The van der Waals surface area contributed by atoms with Crippen LogP contribution in [-0.4, -0.2) is 22.1 Å². The molecule has 2 aromatic heterocycles. The SMILES string of the molecule is CCOC(=O)CCc1cn(-c2ccc(Oc3ccc(C(F)(F)F)cn3)cc2)c2ccccc12. The van der Waals surface area contributed by atoms with E-state index in [4.69, 9.17) is 9.47 Å². The van der Waals surface area contributed by atoms with E-state index in [-0.39, 0.29) is 11.8 Å². The standard InChI is InChI=1S/C25H21F3N2O3/c1-2-32-24(31)14-7-17-16-30(22-6-4-3-5-21(17)22)19-9-11-20(12-10-19)33-23-13-8-18(15-29-23)25(26,27)28/h3-6,8-13,15-16H,2,7,14H2,1H3. The normalized spacial score (nSPS) is 11.5. The van der Waals surface area contributed by atoms with Crippen molar-refractivity contribution in [3.05, 3.63) is 84.2 Å². The number of ether oxygens (including phenoxy) is 2. The van der Waals surface area contributed by atoms with Crippen molar-refractivity contribution in [3.63, 3.8) is 0 Å². The first kappa shape index (κ1) is 22.4. The molecule has 33 heavy (non-hydrogen) atoms. The summed E-state index contributed by atoms with van der Waals surface area (Å²) in [6, 6.07) is 17.2. The van der Waals surface area contributed by atoms with Gasteiger partial charge in [0.1, 0.15) is 5.75 Å². The molecule has 4 rings (SSSR count). The zero-order valence-corrected chi connectivity index (χ0v) is 17.8. The molecule has 0 amide bonds. The molecular weight excluding hydrogens is 433 g/mol. The summed E-state index contributed by atoms with van der Waals surface area (Å²) in [5.41, 5.74) is 2.08. The molecule has 5 nitrogen and oxygen atoms in total. The van der Waals surface area contributed by atoms with Crippen LogP contribution in [0.4, 0.5) is 13.2 Å². The Morgan fingerprint density at radius 3 is 2.45 bits per heavy atom. The third-order valence-electron chi connectivity index (χ3n) is 5.10. The van der Waals surface area contributed by atoms with Crippen molar-refractivity contribution in [1.29, 1.82) is 0 Å². The molecule has 2 heterocycles. The maximum absolute atomic E-state index is 12.7. The maximum Gasteiger partial charge on any atom is 0.417 e. The highest BCUT2D eigenvalue weighted by Gasteiger charge is 2.30. The van der Waals surface area contributed by atoms with Gasteiger partial charge in [-0.1, -0.05) is 18.2 Å². The Morgan fingerprint density at radius 1 is 1.03 bits per heavy atom. The van der Waals surface area contributed by atoms with Crippen LogP contribution in [0.15, 0.2) is 73.1 Å². The molecule has 0 radical (unpaired) electrons. The molecule has 0 N–H and O–H groups in total. The molecule has 4 aromatic rings. The Morgan fingerprint density at radius 2 is 1.79 bits per heavy atom. The van der Waals surface area contributed by atoms with E-state index in [0.717, 1.165) is 34.4 Å². The summed E-state index contributed by atoms with van der Waals surface area (Å²) in [7, 11) is 0. The molecule has 0 bridgehead atoms. The van der Waals surface area contributed by atoms with Crippen LogP contribution in [0.2, 0.25) is 0 Å². The van der Waals surface area contributed by atoms with E-state index in [2.05, 4.69) is 4.98 Å². The number of alkyl halides is 3. The van der Waals surface area contributed by atoms with Crippen molar-refractivity contribution < 1.29 is 27.4 Å². The van der Waals surface area contributed by atoms with Gasteiger partial charge in [0, 0.05) is 36.0 Å². The number of hydrogen-bond acceptors (Lipinski definition) is 4. The Hall–Kier alpha value is -3.81. The minimum Gasteiger partial charge on any atom is -0.466 e. The van der Waals surface area contributed by atoms with Gasteiger partial charge in [0.2, 0.25) is 5.88 Å². The Labute approximate surface area is 188 Å². The fraction of sp³-hybridized carbons (Fsp3) is 0.200. The van der Waals surface area contributed by atoms with E-state index < -0.39 is 11.7 Å². The third-order valence-corrected chi connectivity index (χ3v) is 5.10. The number of hydrogen-bond donors (Lipinski definition) is 0. The molecule has 0 atom stereocenters. The maximum atomic E-state index is 12.7. The highest BCUT2D eigenvalue weighted by molar-refractivity contribution is 5.86. The summed E-state index contributed by atoms with van der Waals surface area (Å²) in [4.78, 5) is 15.5. The highest BCUT2D eigenvalue weighted by Crippen LogP contribution is 2.31. The van der Waals surface area contributed by atoms with Crippen molar-refractivity contribution in [2.24, 2.45) is 0 Å². The van der Waals surface area contributed by atoms with Crippen LogP contribution in [0.3, 0.4) is 0 Å². The van der Waals surface area contributed by atoms with Crippen LogP contribution in [0.5, 0.6) is 11.6 Å². The van der Waals surface area contributed by atoms with Gasteiger partial charge in [0.25, 0.3) is 0 Å². The van der Waals surface area contributed by atoms with Crippen molar-refractivity contribution in [1.82, 2.24) is 9.55 Å². The summed E-state index contributed by atoms with van der Waals surface area (Å²) in [6.07, 6.45) is -0.839. The van der Waals surface area contributed by atoms with Crippen LogP contribution in [0.1, 0.15) is 24.5 Å². The Bertz CT molecular complexity index is 1250. The molecule has 2 aromatic carbocycles. The lowest BCUT2D eigenvalue weighted by molar-refractivity contribution is -0.143. The Kier molecular flexibility index (Phi) is 6.35. The zero-order chi connectivity index (χ0) is 23.4. The number of aryl methyl sites for hydroxylation is 1. The minimum absolute atomic E-state index is 0.0726. The van der Waals surface area contributed by atoms with Crippen LogP contribution in [0.25, 0.3) is 16.6 Å². The highest BCUT2D eigenvalue weighted by atomic mass is 19.4. The monoisotopic (exact) mass is 454 g/mol. The number of fused-ring (bicyclic) bond motifs is 1. The van der Waals surface area contributed by atoms with E-state index >= 15 is 0 Å². The molecule has 0 unspecified atom stereocenters. The van der Waals surface area contributed by atoms with Crippen molar-refractivity contribution >= 4 is 16.9 Å².